The third kappa shape index (κ3) is 5.72. The van der Waals surface area contributed by atoms with Gasteiger partial charge < -0.3 is 4.74 Å². The second kappa shape index (κ2) is 8.72. The minimum Gasteiger partial charge on any atom is -0.377 e. The number of benzene rings is 2. The molecular formula is C18H19BrO. The molecule has 0 N–H and O–H groups in total. The first-order valence-electron chi connectivity index (χ1n) is 6.88. The van der Waals surface area contributed by atoms with Crippen LogP contribution in [0, 0.1) is 0 Å². The minimum absolute atomic E-state index is 0.706. The van der Waals surface area contributed by atoms with Crippen LogP contribution in [0.5, 0.6) is 0 Å². The Morgan fingerprint density at radius 1 is 0.950 bits per heavy atom. The molecular weight excluding hydrogens is 312 g/mol. The molecule has 104 valence electrons. The van der Waals surface area contributed by atoms with Crippen molar-refractivity contribution >= 4 is 22.0 Å². The van der Waals surface area contributed by atoms with E-state index in [-0.39, 0.29) is 0 Å². The number of hydrogen-bond donors (Lipinski definition) is 0. The SMILES string of the molecule is Brc1ccc(/C=C\CCCOCc2ccccc2)cc1. The zero-order chi connectivity index (χ0) is 14.0. The van der Waals surface area contributed by atoms with Gasteiger partial charge in [0.15, 0.2) is 0 Å². The smallest absolute Gasteiger partial charge is 0.0716 e. The lowest BCUT2D eigenvalue weighted by Gasteiger charge is -2.02. The summed E-state index contributed by atoms with van der Waals surface area (Å²) in [5.74, 6) is 0. The van der Waals surface area contributed by atoms with Gasteiger partial charge in [-0.3, -0.25) is 0 Å². The highest BCUT2D eigenvalue weighted by atomic mass is 79.9. The Hall–Kier alpha value is -1.38. The number of hydrogen-bond acceptors (Lipinski definition) is 1. The Morgan fingerprint density at radius 3 is 2.45 bits per heavy atom. The topological polar surface area (TPSA) is 9.23 Å². The summed E-state index contributed by atoms with van der Waals surface area (Å²) in [5.41, 5.74) is 2.47. The molecule has 0 amide bonds. The fourth-order valence-electron chi connectivity index (χ4n) is 1.86. The highest BCUT2D eigenvalue weighted by Crippen LogP contribution is 2.12. The fourth-order valence-corrected chi connectivity index (χ4v) is 2.13. The Balaban J connectivity index is 1.58. The first-order chi connectivity index (χ1) is 9.84. The Morgan fingerprint density at radius 2 is 1.70 bits per heavy atom. The van der Waals surface area contributed by atoms with Crippen LogP contribution in [-0.4, -0.2) is 6.61 Å². The largest absolute Gasteiger partial charge is 0.377 e. The summed E-state index contributed by atoms with van der Waals surface area (Å²) in [7, 11) is 0. The molecule has 0 heterocycles. The third-order valence-corrected chi connectivity index (χ3v) is 3.48. The maximum Gasteiger partial charge on any atom is 0.0716 e. The van der Waals surface area contributed by atoms with Crippen LogP contribution < -0.4 is 0 Å². The molecule has 0 unspecified atom stereocenters. The summed E-state index contributed by atoms with van der Waals surface area (Å²) in [6.45, 7) is 1.51. The van der Waals surface area contributed by atoms with Crippen LogP contribution in [0.15, 0.2) is 65.1 Å². The van der Waals surface area contributed by atoms with Crippen LogP contribution in [0.2, 0.25) is 0 Å². The maximum absolute atomic E-state index is 5.65. The van der Waals surface area contributed by atoms with Crippen molar-refractivity contribution in [2.24, 2.45) is 0 Å². The summed E-state index contributed by atoms with van der Waals surface area (Å²) in [4.78, 5) is 0. The van der Waals surface area contributed by atoms with E-state index in [2.05, 4.69) is 64.5 Å². The number of ether oxygens (including phenoxy) is 1. The van der Waals surface area contributed by atoms with Crippen LogP contribution in [0.1, 0.15) is 24.0 Å². The van der Waals surface area contributed by atoms with Gasteiger partial charge in [-0.15, -0.1) is 0 Å². The molecule has 0 spiro atoms. The van der Waals surface area contributed by atoms with Crippen LogP contribution >= 0.6 is 15.9 Å². The van der Waals surface area contributed by atoms with Crippen LogP contribution in [0.25, 0.3) is 6.08 Å². The fraction of sp³-hybridized carbons (Fsp3) is 0.222. The predicted molar refractivity (Wildman–Crippen MR) is 88.5 cm³/mol. The van der Waals surface area contributed by atoms with Gasteiger partial charge in [-0.05, 0) is 36.1 Å². The zero-order valence-electron chi connectivity index (χ0n) is 11.5. The quantitative estimate of drug-likeness (QED) is 0.612. The normalized spacial score (nSPS) is 11.1. The van der Waals surface area contributed by atoms with Gasteiger partial charge in [0, 0.05) is 11.1 Å². The third-order valence-electron chi connectivity index (χ3n) is 2.95. The first kappa shape index (κ1) is 15.0. The molecule has 0 saturated carbocycles. The summed E-state index contributed by atoms with van der Waals surface area (Å²) in [6, 6.07) is 18.6. The van der Waals surface area contributed by atoms with E-state index in [1.165, 1.54) is 11.1 Å². The van der Waals surface area contributed by atoms with Crippen LogP contribution in [-0.2, 0) is 11.3 Å². The van der Waals surface area contributed by atoms with Gasteiger partial charge in [0.1, 0.15) is 0 Å². The van der Waals surface area contributed by atoms with Crippen LogP contribution in [0.4, 0.5) is 0 Å². The van der Waals surface area contributed by atoms with Gasteiger partial charge in [-0.2, -0.15) is 0 Å². The van der Waals surface area contributed by atoms with Gasteiger partial charge in [0.05, 0.1) is 6.61 Å². The molecule has 0 aliphatic rings. The number of allylic oxidation sites excluding steroid dienone is 1. The van der Waals surface area contributed by atoms with Gasteiger partial charge in [0.25, 0.3) is 0 Å². The molecule has 20 heavy (non-hydrogen) atoms. The average molecular weight is 331 g/mol. The number of rotatable bonds is 7. The van der Waals surface area contributed by atoms with Crippen molar-refractivity contribution < 1.29 is 4.74 Å². The van der Waals surface area contributed by atoms with E-state index < -0.39 is 0 Å². The lowest BCUT2D eigenvalue weighted by atomic mass is 10.2. The standard InChI is InChI=1S/C18H19BrO/c19-18-12-10-16(11-13-18)7-5-2-6-14-20-15-17-8-3-1-4-9-17/h1,3-5,7-13H,2,6,14-15H2/b7-5-. The van der Waals surface area contributed by atoms with Gasteiger partial charge in [-0.1, -0.05) is 70.5 Å². The molecule has 2 rings (SSSR count). The summed E-state index contributed by atoms with van der Waals surface area (Å²) in [5, 5.41) is 0. The summed E-state index contributed by atoms with van der Waals surface area (Å²) >= 11 is 3.43. The lowest BCUT2D eigenvalue weighted by molar-refractivity contribution is 0.119. The van der Waals surface area contributed by atoms with Gasteiger partial charge in [-0.25, -0.2) is 0 Å². The molecule has 0 radical (unpaired) electrons. The Bertz CT molecular complexity index is 517. The van der Waals surface area contributed by atoms with Gasteiger partial charge >= 0.3 is 0 Å². The highest BCUT2D eigenvalue weighted by molar-refractivity contribution is 9.10. The predicted octanol–water partition coefficient (Wildman–Crippen LogP) is 5.46. The molecule has 0 fully saturated rings. The molecule has 2 aromatic rings. The van der Waals surface area contributed by atoms with E-state index in [9.17, 15) is 0 Å². The monoisotopic (exact) mass is 330 g/mol. The number of halogens is 1. The summed E-state index contributed by atoms with van der Waals surface area (Å²) in [6.07, 6.45) is 6.46. The Labute approximate surface area is 129 Å². The molecule has 0 aliphatic carbocycles. The van der Waals surface area contributed by atoms with E-state index in [4.69, 9.17) is 4.74 Å². The molecule has 2 heteroatoms. The van der Waals surface area contributed by atoms with Crippen molar-refractivity contribution in [3.05, 3.63) is 76.3 Å². The average Bonchev–Trinajstić information content (AvgIpc) is 2.49. The molecule has 1 nitrogen and oxygen atoms in total. The summed E-state index contributed by atoms with van der Waals surface area (Å²) < 4.78 is 6.76. The van der Waals surface area contributed by atoms with Crippen molar-refractivity contribution in [3.63, 3.8) is 0 Å². The second-order valence-electron chi connectivity index (χ2n) is 4.63. The highest BCUT2D eigenvalue weighted by Gasteiger charge is 1.91. The van der Waals surface area contributed by atoms with E-state index >= 15 is 0 Å². The minimum atomic E-state index is 0.706. The first-order valence-corrected chi connectivity index (χ1v) is 7.68. The molecule has 0 saturated heterocycles. The van der Waals surface area contributed by atoms with Crippen LogP contribution in [0.3, 0.4) is 0 Å². The van der Waals surface area contributed by atoms with Crippen molar-refractivity contribution in [3.8, 4) is 0 Å². The van der Waals surface area contributed by atoms with Crippen molar-refractivity contribution in [2.75, 3.05) is 6.61 Å². The van der Waals surface area contributed by atoms with E-state index in [1.54, 1.807) is 0 Å². The maximum atomic E-state index is 5.65. The molecule has 2 aromatic carbocycles. The van der Waals surface area contributed by atoms with E-state index in [0.29, 0.717) is 6.61 Å². The van der Waals surface area contributed by atoms with E-state index in [0.717, 1.165) is 23.9 Å². The van der Waals surface area contributed by atoms with E-state index in [1.807, 2.05) is 18.2 Å². The van der Waals surface area contributed by atoms with Gasteiger partial charge in [0.2, 0.25) is 0 Å². The second-order valence-corrected chi connectivity index (χ2v) is 5.55. The van der Waals surface area contributed by atoms with Crippen molar-refractivity contribution in [2.45, 2.75) is 19.4 Å². The van der Waals surface area contributed by atoms with Crippen molar-refractivity contribution in [1.82, 2.24) is 0 Å². The number of unbranched alkanes of at least 4 members (excludes halogenated alkanes) is 1. The molecule has 0 aromatic heterocycles. The lowest BCUT2D eigenvalue weighted by Crippen LogP contribution is -1.94. The molecule has 0 atom stereocenters. The molecule has 0 aliphatic heterocycles. The Kier molecular flexibility index (Phi) is 6.55. The van der Waals surface area contributed by atoms with Crippen molar-refractivity contribution in [1.29, 1.82) is 0 Å². The zero-order valence-corrected chi connectivity index (χ0v) is 13.1. The molecule has 0 bridgehead atoms.